The summed E-state index contributed by atoms with van der Waals surface area (Å²) in [6, 6.07) is 0. The van der Waals surface area contributed by atoms with Gasteiger partial charge in [0.05, 0.1) is 291 Å². The fourth-order valence-electron chi connectivity index (χ4n) is 8.10. The van der Waals surface area contributed by atoms with Crippen molar-refractivity contribution in [1.29, 1.82) is 0 Å². The minimum absolute atomic E-state index is 0.00658. The molecule has 0 aliphatic carbocycles. The lowest BCUT2D eigenvalue weighted by Crippen LogP contribution is -2.24. The van der Waals surface area contributed by atoms with Gasteiger partial charge in [0.15, 0.2) is 0 Å². The van der Waals surface area contributed by atoms with E-state index < -0.39 is 46.6 Å². The number of hydrogen-bond donors (Lipinski definition) is 0. The molecule has 36 nitrogen and oxygen atoms in total. The van der Waals surface area contributed by atoms with Crippen molar-refractivity contribution in [2.75, 3.05) is 330 Å². The molecule has 0 N–H and O–H groups in total. The summed E-state index contributed by atoms with van der Waals surface area (Å²) in [6.45, 7) is 29.1. The SMILES string of the molecule is CC(C)(C)C(=O)CCCC(=O)OCCOC(=O)CCCC(=O)OCCOCCOCCOCCOCCOCCOCCOCCOCCOCCOCCOCCOCCOCCOCCOCCOCCOCCOCCOCCOCCOCCOCCOC(=O)CCCC(=O)OCCOC(=O)CC(=O)C(C)(C)C. The van der Waals surface area contributed by atoms with Crippen LogP contribution < -0.4 is 0 Å². The van der Waals surface area contributed by atoms with E-state index in [1.54, 1.807) is 20.8 Å². The summed E-state index contributed by atoms with van der Waals surface area (Å²) in [7, 11) is 0. The van der Waals surface area contributed by atoms with Crippen molar-refractivity contribution in [1.82, 2.24) is 0 Å². The van der Waals surface area contributed by atoms with E-state index in [-0.39, 0.29) is 116 Å². The molecule has 0 fully saturated rings. The van der Waals surface area contributed by atoms with E-state index in [1.165, 1.54) is 0 Å². The Balaban J connectivity index is 3.21. The average molecular weight is 1630 g/mol. The van der Waals surface area contributed by atoms with E-state index in [0.29, 0.717) is 290 Å². The van der Waals surface area contributed by atoms with E-state index in [0.717, 1.165) is 0 Å². The van der Waals surface area contributed by atoms with Crippen molar-refractivity contribution in [2.24, 2.45) is 10.8 Å². The molecule has 0 spiro atoms. The van der Waals surface area contributed by atoms with Gasteiger partial charge in [0.1, 0.15) is 57.6 Å². The molecule has 0 aliphatic heterocycles. The second kappa shape index (κ2) is 82.8. The van der Waals surface area contributed by atoms with E-state index in [1.807, 2.05) is 20.8 Å². The maximum absolute atomic E-state index is 11.9. The third-order valence-electron chi connectivity index (χ3n) is 14.3. The van der Waals surface area contributed by atoms with Gasteiger partial charge in [-0.05, 0) is 19.3 Å². The van der Waals surface area contributed by atoms with Crippen molar-refractivity contribution < 1.29 is 171 Å². The number of Topliss-reactive ketones (excluding diaryl/α,β-unsaturated/α-hetero) is 2. The fraction of sp³-hybridized carbons (Fsp3) is 0.895. The van der Waals surface area contributed by atoms with E-state index in [4.69, 9.17) is 133 Å². The van der Waals surface area contributed by atoms with E-state index >= 15 is 0 Å². The Hall–Kier alpha value is -4.72. The second-order valence-corrected chi connectivity index (χ2v) is 25.9. The Morgan fingerprint density at radius 3 is 0.411 bits per heavy atom. The Morgan fingerprint density at radius 1 is 0.152 bits per heavy atom. The number of carbonyl (C=O) groups excluding carboxylic acids is 8. The molecule has 0 atom stereocenters. The highest BCUT2D eigenvalue weighted by molar-refractivity contribution is 5.98. The molecule has 112 heavy (non-hydrogen) atoms. The Bertz CT molecular complexity index is 2180. The summed E-state index contributed by atoms with van der Waals surface area (Å²) in [5, 5.41) is 0. The van der Waals surface area contributed by atoms with Gasteiger partial charge in [-0.2, -0.15) is 0 Å². The predicted molar refractivity (Wildman–Crippen MR) is 399 cm³/mol. The molecule has 36 heteroatoms. The summed E-state index contributed by atoms with van der Waals surface area (Å²) in [5.74, 6) is -3.23. The van der Waals surface area contributed by atoms with Crippen molar-refractivity contribution in [3.8, 4) is 0 Å². The molecule has 0 unspecified atom stereocenters. The van der Waals surface area contributed by atoms with E-state index in [9.17, 15) is 38.4 Å². The molecule has 0 radical (unpaired) electrons. The standard InChI is InChI=1S/C76H138O36/c1-75(2,3)67(77)10-7-11-69(79)109-62-63-110-72(82)14-8-12-70(80)107-60-58-105-56-54-103-52-50-101-48-46-99-44-42-97-40-38-95-36-34-93-32-30-91-28-26-89-24-22-87-20-18-85-16-17-86-19-21-88-23-25-90-27-29-92-31-33-94-35-37-96-39-41-98-43-45-100-47-49-102-51-53-104-55-57-106-59-61-108-71(81)13-9-15-73(83)111-64-65-112-74(84)66-68(78)76(4,5)6/h7-66H2,1-6H3. The summed E-state index contributed by atoms with van der Waals surface area (Å²) in [4.78, 5) is 94.8. The van der Waals surface area contributed by atoms with Crippen LogP contribution in [0, 0.1) is 10.8 Å². The zero-order valence-corrected chi connectivity index (χ0v) is 68.1. The largest absolute Gasteiger partial charge is 0.463 e. The monoisotopic (exact) mass is 1630 g/mol. The lowest BCUT2D eigenvalue weighted by atomic mass is 9.88. The summed E-state index contributed by atoms with van der Waals surface area (Å²) >= 11 is 0. The molecule has 658 valence electrons. The molecule has 0 saturated heterocycles. The lowest BCUT2D eigenvalue weighted by molar-refractivity contribution is -0.154. The van der Waals surface area contributed by atoms with Crippen LogP contribution in [0.15, 0.2) is 0 Å². The van der Waals surface area contributed by atoms with Gasteiger partial charge in [0.25, 0.3) is 0 Å². The van der Waals surface area contributed by atoms with Crippen molar-refractivity contribution in [3.05, 3.63) is 0 Å². The second-order valence-electron chi connectivity index (χ2n) is 25.9. The van der Waals surface area contributed by atoms with Crippen LogP contribution in [-0.2, 0) is 171 Å². The first kappa shape index (κ1) is 107. The number of hydrogen-bond acceptors (Lipinski definition) is 36. The number of esters is 6. The quantitative estimate of drug-likeness (QED) is 0.0362. The Labute approximate surface area is 663 Å². The molecule has 0 amide bonds. The smallest absolute Gasteiger partial charge is 0.313 e. The maximum Gasteiger partial charge on any atom is 0.313 e. The zero-order valence-electron chi connectivity index (χ0n) is 68.1. The number of ketones is 2. The van der Waals surface area contributed by atoms with Gasteiger partial charge in [-0.1, -0.05) is 41.5 Å². The maximum atomic E-state index is 11.9. The molecule has 0 aromatic rings. The van der Waals surface area contributed by atoms with Crippen LogP contribution in [0.5, 0.6) is 0 Å². The van der Waals surface area contributed by atoms with Crippen molar-refractivity contribution in [3.63, 3.8) is 0 Å². The molecule has 0 rings (SSSR count). The van der Waals surface area contributed by atoms with Gasteiger partial charge in [-0.25, -0.2) is 0 Å². The van der Waals surface area contributed by atoms with Crippen LogP contribution in [0.1, 0.15) is 106 Å². The van der Waals surface area contributed by atoms with Crippen LogP contribution in [0.3, 0.4) is 0 Å². The molecule has 0 aliphatic rings. The van der Waals surface area contributed by atoms with E-state index in [2.05, 4.69) is 0 Å². The average Bonchev–Trinajstić information content (AvgIpc) is 0.911. The molecular weight excluding hydrogens is 1490 g/mol. The third-order valence-corrected chi connectivity index (χ3v) is 14.3. The molecule has 0 aromatic carbocycles. The highest BCUT2D eigenvalue weighted by Gasteiger charge is 2.25. The van der Waals surface area contributed by atoms with Gasteiger partial charge in [0, 0.05) is 49.4 Å². The molecule has 0 saturated carbocycles. The normalized spacial score (nSPS) is 11.7. The lowest BCUT2D eigenvalue weighted by Gasteiger charge is -2.15. The molecular formula is C76H138O36. The van der Waals surface area contributed by atoms with Gasteiger partial charge in [0.2, 0.25) is 0 Å². The first-order chi connectivity index (χ1) is 54.4. The summed E-state index contributed by atoms with van der Waals surface area (Å²) < 4.78 is 151. The Kier molecular flexibility index (Phi) is 79.3. The number of carbonyl (C=O) groups is 8. The van der Waals surface area contributed by atoms with Gasteiger partial charge < -0.3 is 133 Å². The van der Waals surface area contributed by atoms with Crippen LogP contribution in [0.25, 0.3) is 0 Å². The predicted octanol–water partition coefficient (Wildman–Crippen LogP) is 3.74. The van der Waals surface area contributed by atoms with Crippen LogP contribution >= 0.6 is 0 Å². The highest BCUT2D eigenvalue weighted by atomic mass is 16.6. The minimum atomic E-state index is -0.671. The number of rotatable bonds is 89. The highest BCUT2D eigenvalue weighted by Crippen LogP contribution is 2.19. The zero-order chi connectivity index (χ0) is 81.8. The van der Waals surface area contributed by atoms with Crippen molar-refractivity contribution in [2.45, 2.75) is 106 Å². The first-order valence-corrected chi connectivity index (χ1v) is 39.1. The third kappa shape index (κ3) is 84.7. The molecule has 0 bridgehead atoms. The van der Waals surface area contributed by atoms with Gasteiger partial charge >= 0.3 is 35.8 Å². The van der Waals surface area contributed by atoms with Gasteiger partial charge in [-0.15, -0.1) is 0 Å². The minimum Gasteiger partial charge on any atom is -0.463 e. The summed E-state index contributed by atoms with van der Waals surface area (Å²) in [6.07, 6.45) is 1.13. The summed E-state index contributed by atoms with van der Waals surface area (Å²) in [5.41, 5.74) is -1.08. The Morgan fingerprint density at radius 2 is 0.268 bits per heavy atom. The fourth-order valence-corrected chi connectivity index (χ4v) is 8.10. The number of ether oxygens (including phenoxy) is 28. The van der Waals surface area contributed by atoms with Crippen LogP contribution in [0.4, 0.5) is 0 Å². The van der Waals surface area contributed by atoms with Gasteiger partial charge in [-0.3, -0.25) is 38.4 Å². The molecule has 0 heterocycles. The van der Waals surface area contributed by atoms with Crippen molar-refractivity contribution >= 4 is 47.4 Å². The van der Waals surface area contributed by atoms with Crippen LogP contribution in [0.2, 0.25) is 0 Å². The molecule has 0 aromatic heterocycles. The first-order valence-electron chi connectivity index (χ1n) is 39.1. The topological polar surface area (TPSA) is 395 Å². The van der Waals surface area contributed by atoms with Crippen LogP contribution in [-0.4, -0.2) is 378 Å².